The molecule has 1 aliphatic heterocycles. The van der Waals surface area contributed by atoms with Gasteiger partial charge in [0.1, 0.15) is 0 Å². The van der Waals surface area contributed by atoms with Gasteiger partial charge >= 0.3 is 0 Å². The molecule has 2 heterocycles. The summed E-state index contributed by atoms with van der Waals surface area (Å²) in [4.78, 5) is 18.8. The Balaban J connectivity index is 1.94. The van der Waals surface area contributed by atoms with E-state index in [0.29, 0.717) is 12.1 Å². The molecule has 122 valence electrons. The highest BCUT2D eigenvalue weighted by molar-refractivity contribution is 5.93. The molecule has 0 unspecified atom stereocenters. The first-order valence-corrected chi connectivity index (χ1v) is 7.89. The summed E-state index contributed by atoms with van der Waals surface area (Å²) < 4.78 is 5.78. The lowest BCUT2D eigenvalue weighted by Crippen LogP contribution is -2.58. The molecule has 0 spiro atoms. The van der Waals surface area contributed by atoms with Crippen molar-refractivity contribution in [3.8, 4) is 0 Å². The number of hydrogen-bond acceptors (Lipinski definition) is 4. The molecule has 5 nitrogen and oxygen atoms in total. The molecular weight excluding hydrogens is 278 g/mol. The molecule has 1 N–H and O–H groups in total. The lowest BCUT2D eigenvalue weighted by molar-refractivity contribution is -0.0948. The number of amides is 1. The third kappa shape index (κ3) is 4.27. The van der Waals surface area contributed by atoms with Crippen molar-refractivity contribution in [2.45, 2.75) is 52.4 Å². The van der Waals surface area contributed by atoms with Gasteiger partial charge in [0.05, 0.1) is 17.8 Å². The number of aromatic nitrogens is 1. The zero-order chi connectivity index (χ0) is 16.3. The van der Waals surface area contributed by atoms with E-state index >= 15 is 0 Å². The van der Waals surface area contributed by atoms with Crippen LogP contribution in [0.25, 0.3) is 0 Å². The molecule has 2 atom stereocenters. The van der Waals surface area contributed by atoms with Crippen molar-refractivity contribution >= 4 is 5.91 Å². The summed E-state index contributed by atoms with van der Waals surface area (Å²) in [6, 6.07) is 3.66. The molecule has 0 saturated carbocycles. The molecule has 1 saturated heterocycles. The molecule has 0 radical (unpaired) electrons. The van der Waals surface area contributed by atoms with Crippen molar-refractivity contribution < 1.29 is 9.53 Å². The second kappa shape index (κ2) is 6.75. The molecule has 2 rings (SSSR count). The maximum atomic E-state index is 12.2. The molecule has 22 heavy (non-hydrogen) atoms. The summed E-state index contributed by atoms with van der Waals surface area (Å²) in [6.07, 6.45) is 2.07. The first-order chi connectivity index (χ1) is 10.3. The molecule has 5 heteroatoms. The van der Waals surface area contributed by atoms with E-state index in [1.807, 2.05) is 19.1 Å². The maximum absolute atomic E-state index is 12.2. The Bertz CT molecular complexity index is 503. The predicted octanol–water partition coefficient (Wildman–Crippen LogP) is 2.01. The fraction of sp³-hybridized carbons (Fsp3) is 0.647. The zero-order valence-corrected chi connectivity index (χ0v) is 14.2. The number of morpholine rings is 1. The van der Waals surface area contributed by atoms with E-state index in [0.717, 1.165) is 18.8 Å². The standard InChI is InChI=1S/C17H27N3O2/c1-12-6-7-15(8-18-12)16(21)19-11-17(4,5)20-9-13(2)22-14(3)10-20/h6-8,13-14H,9-11H2,1-5H3,(H,19,21)/t13-,14-/m1/s1. The molecule has 1 fully saturated rings. The summed E-state index contributed by atoms with van der Waals surface area (Å²) in [5.74, 6) is -0.0741. The van der Waals surface area contributed by atoms with Crippen LogP contribution >= 0.6 is 0 Å². The Morgan fingerprint density at radius 1 is 1.36 bits per heavy atom. The first kappa shape index (κ1) is 16.9. The van der Waals surface area contributed by atoms with Gasteiger partial charge in [-0.1, -0.05) is 0 Å². The molecular formula is C17H27N3O2. The van der Waals surface area contributed by atoms with Crippen molar-refractivity contribution in [2.75, 3.05) is 19.6 Å². The number of nitrogens with zero attached hydrogens (tertiary/aromatic N) is 2. The number of carbonyl (C=O) groups excluding carboxylic acids is 1. The molecule has 0 aromatic carbocycles. The van der Waals surface area contributed by atoms with E-state index in [4.69, 9.17) is 4.74 Å². The minimum Gasteiger partial charge on any atom is -0.373 e. The predicted molar refractivity (Wildman–Crippen MR) is 87.0 cm³/mol. The van der Waals surface area contributed by atoms with Crippen LogP contribution in [0.4, 0.5) is 0 Å². The molecule has 1 aromatic heterocycles. The topological polar surface area (TPSA) is 54.5 Å². The van der Waals surface area contributed by atoms with Gasteiger partial charge in [-0.05, 0) is 46.8 Å². The fourth-order valence-electron chi connectivity index (χ4n) is 2.78. The van der Waals surface area contributed by atoms with E-state index in [-0.39, 0.29) is 23.7 Å². The van der Waals surface area contributed by atoms with Gasteiger partial charge in [-0.3, -0.25) is 14.7 Å². The first-order valence-electron chi connectivity index (χ1n) is 7.89. The normalized spacial score (nSPS) is 23.3. The zero-order valence-electron chi connectivity index (χ0n) is 14.2. The van der Waals surface area contributed by atoms with Crippen LogP contribution in [-0.2, 0) is 4.74 Å². The quantitative estimate of drug-likeness (QED) is 0.924. The Kier molecular flexibility index (Phi) is 5.19. The van der Waals surface area contributed by atoms with E-state index in [2.05, 4.69) is 42.9 Å². The van der Waals surface area contributed by atoms with Crippen LogP contribution in [0.3, 0.4) is 0 Å². The van der Waals surface area contributed by atoms with Crippen LogP contribution in [0, 0.1) is 6.92 Å². The summed E-state index contributed by atoms with van der Waals surface area (Å²) in [7, 11) is 0. The van der Waals surface area contributed by atoms with E-state index in [1.54, 1.807) is 6.20 Å². The van der Waals surface area contributed by atoms with Gasteiger partial charge in [0, 0.05) is 37.1 Å². The third-order valence-electron chi connectivity index (χ3n) is 4.13. The second-order valence-electron chi connectivity index (χ2n) is 6.85. The second-order valence-corrected chi connectivity index (χ2v) is 6.85. The number of rotatable bonds is 4. The summed E-state index contributed by atoms with van der Waals surface area (Å²) in [5.41, 5.74) is 1.40. The largest absolute Gasteiger partial charge is 0.373 e. The highest BCUT2D eigenvalue weighted by Gasteiger charge is 2.33. The Morgan fingerprint density at radius 2 is 2.00 bits per heavy atom. The number of hydrogen-bond donors (Lipinski definition) is 1. The highest BCUT2D eigenvalue weighted by atomic mass is 16.5. The smallest absolute Gasteiger partial charge is 0.252 e. The minimum atomic E-state index is -0.111. The maximum Gasteiger partial charge on any atom is 0.252 e. The SMILES string of the molecule is Cc1ccc(C(=O)NCC(C)(C)N2C[C@@H](C)O[C@H](C)C2)cn1. The van der Waals surface area contributed by atoms with Crippen LogP contribution in [0.5, 0.6) is 0 Å². The van der Waals surface area contributed by atoms with Crippen molar-refractivity contribution in [3.05, 3.63) is 29.6 Å². The third-order valence-corrected chi connectivity index (χ3v) is 4.13. The van der Waals surface area contributed by atoms with Gasteiger partial charge in [-0.25, -0.2) is 0 Å². The molecule has 1 aromatic rings. The minimum absolute atomic E-state index is 0.0741. The van der Waals surface area contributed by atoms with Crippen LogP contribution in [0.1, 0.15) is 43.7 Å². The van der Waals surface area contributed by atoms with Gasteiger partial charge in [0.25, 0.3) is 5.91 Å². The van der Waals surface area contributed by atoms with Crippen molar-refractivity contribution in [3.63, 3.8) is 0 Å². The molecule has 1 aliphatic rings. The van der Waals surface area contributed by atoms with Crippen molar-refractivity contribution in [1.82, 2.24) is 15.2 Å². The van der Waals surface area contributed by atoms with Crippen molar-refractivity contribution in [1.29, 1.82) is 0 Å². The summed E-state index contributed by atoms with van der Waals surface area (Å²) >= 11 is 0. The van der Waals surface area contributed by atoms with Crippen molar-refractivity contribution in [2.24, 2.45) is 0 Å². The van der Waals surface area contributed by atoms with E-state index in [1.165, 1.54) is 0 Å². The van der Waals surface area contributed by atoms with Gasteiger partial charge in [0.2, 0.25) is 0 Å². The highest BCUT2D eigenvalue weighted by Crippen LogP contribution is 2.20. The summed E-state index contributed by atoms with van der Waals surface area (Å²) in [5, 5.41) is 3.02. The Hall–Kier alpha value is -1.46. The number of carbonyl (C=O) groups is 1. The lowest BCUT2D eigenvalue weighted by Gasteiger charge is -2.45. The number of pyridine rings is 1. The average Bonchev–Trinajstić information content (AvgIpc) is 2.44. The summed E-state index contributed by atoms with van der Waals surface area (Å²) in [6.45, 7) is 12.8. The Morgan fingerprint density at radius 3 is 2.55 bits per heavy atom. The van der Waals surface area contributed by atoms with Crippen LogP contribution in [0.15, 0.2) is 18.3 Å². The Labute approximate surface area is 133 Å². The molecule has 1 amide bonds. The van der Waals surface area contributed by atoms with Crippen LogP contribution < -0.4 is 5.32 Å². The fourth-order valence-corrected chi connectivity index (χ4v) is 2.78. The van der Waals surface area contributed by atoms with E-state index < -0.39 is 0 Å². The van der Waals surface area contributed by atoms with E-state index in [9.17, 15) is 4.79 Å². The van der Waals surface area contributed by atoms with Gasteiger partial charge in [-0.2, -0.15) is 0 Å². The van der Waals surface area contributed by atoms with Gasteiger partial charge in [-0.15, -0.1) is 0 Å². The number of nitrogens with one attached hydrogen (secondary N) is 1. The van der Waals surface area contributed by atoms with Crippen LogP contribution in [0.2, 0.25) is 0 Å². The lowest BCUT2D eigenvalue weighted by atomic mass is 10.00. The molecule has 0 bridgehead atoms. The average molecular weight is 305 g/mol. The number of ether oxygens (including phenoxy) is 1. The van der Waals surface area contributed by atoms with Crippen LogP contribution in [-0.4, -0.2) is 53.2 Å². The molecule has 0 aliphatic carbocycles. The number of aryl methyl sites for hydroxylation is 1. The van der Waals surface area contributed by atoms with Gasteiger partial charge in [0.15, 0.2) is 0 Å². The monoisotopic (exact) mass is 305 g/mol. The van der Waals surface area contributed by atoms with Gasteiger partial charge < -0.3 is 10.1 Å².